The highest BCUT2D eigenvalue weighted by Gasteiger charge is 2.22. The molecule has 5 nitrogen and oxygen atoms in total. The van der Waals surface area contributed by atoms with Crippen LogP contribution in [0.15, 0.2) is 30.5 Å². The predicted molar refractivity (Wildman–Crippen MR) is 96.2 cm³/mol. The first-order valence-electron chi connectivity index (χ1n) is 8.98. The SMILES string of the molecule is CCC(C)CN1CCC(n2cc(-c3ccc(OC)cc3)nn2)CC1. The lowest BCUT2D eigenvalue weighted by atomic mass is 10.0. The summed E-state index contributed by atoms with van der Waals surface area (Å²) in [5, 5.41) is 8.73. The van der Waals surface area contributed by atoms with Gasteiger partial charge in [-0.15, -0.1) is 5.10 Å². The summed E-state index contributed by atoms with van der Waals surface area (Å²) in [6.45, 7) is 8.15. The number of likely N-dealkylation sites (tertiary alicyclic amines) is 1. The Labute approximate surface area is 144 Å². The Morgan fingerprint density at radius 3 is 2.54 bits per heavy atom. The Morgan fingerprint density at radius 1 is 1.21 bits per heavy atom. The van der Waals surface area contributed by atoms with Crippen LogP contribution in [0.3, 0.4) is 0 Å². The molecule has 0 N–H and O–H groups in total. The lowest BCUT2D eigenvalue weighted by Crippen LogP contribution is -2.37. The van der Waals surface area contributed by atoms with Gasteiger partial charge in [-0.1, -0.05) is 25.5 Å². The number of rotatable bonds is 6. The third-order valence-electron chi connectivity index (χ3n) is 5.09. The Morgan fingerprint density at radius 2 is 1.92 bits per heavy atom. The summed E-state index contributed by atoms with van der Waals surface area (Å²) in [5.74, 6) is 1.65. The van der Waals surface area contributed by atoms with Gasteiger partial charge >= 0.3 is 0 Å². The summed E-state index contributed by atoms with van der Waals surface area (Å²) < 4.78 is 7.26. The molecule has 3 rings (SSSR count). The topological polar surface area (TPSA) is 43.2 Å². The summed E-state index contributed by atoms with van der Waals surface area (Å²) >= 11 is 0. The second-order valence-corrected chi connectivity index (χ2v) is 6.86. The van der Waals surface area contributed by atoms with Crippen molar-refractivity contribution >= 4 is 0 Å². The molecule has 1 aromatic carbocycles. The van der Waals surface area contributed by atoms with E-state index in [9.17, 15) is 0 Å². The van der Waals surface area contributed by atoms with Crippen molar-refractivity contribution in [1.82, 2.24) is 19.9 Å². The van der Waals surface area contributed by atoms with Gasteiger partial charge in [0.1, 0.15) is 11.4 Å². The number of piperidine rings is 1. The van der Waals surface area contributed by atoms with Gasteiger partial charge in [0, 0.05) is 25.2 Å². The number of hydrogen-bond acceptors (Lipinski definition) is 4. The highest BCUT2D eigenvalue weighted by molar-refractivity contribution is 5.58. The molecule has 1 aromatic heterocycles. The Balaban J connectivity index is 1.60. The van der Waals surface area contributed by atoms with Gasteiger partial charge in [-0.05, 0) is 43.0 Å². The van der Waals surface area contributed by atoms with Crippen LogP contribution in [0.5, 0.6) is 5.75 Å². The number of ether oxygens (including phenoxy) is 1. The lowest BCUT2D eigenvalue weighted by molar-refractivity contribution is 0.159. The average Bonchev–Trinajstić information content (AvgIpc) is 3.12. The first-order valence-corrected chi connectivity index (χ1v) is 8.98. The van der Waals surface area contributed by atoms with Crippen LogP contribution in [0, 0.1) is 5.92 Å². The molecule has 0 radical (unpaired) electrons. The van der Waals surface area contributed by atoms with Crippen LogP contribution < -0.4 is 4.74 Å². The van der Waals surface area contributed by atoms with Crippen molar-refractivity contribution in [2.45, 2.75) is 39.2 Å². The molecule has 2 aromatic rings. The predicted octanol–water partition coefficient (Wildman–Crippen LogP) is 3.64. The second-order valence-electron chi connectivity index (χ2n) is 6.86. The van der Waals surface area contributed by atoms with Crippen LogP contribution in [-0.4, -0.2) is 46.6 Å². The van der Waals surface area contributed by atoms with Crippen LogP contribution in [0.25, 0.3) is 11.3 Å². The zero-order valence-corrected chi connectivity index (χ0v) is 15.0. The molecule has 0 saturated carbocycles. The minimum Gasteiger partial charge on any atom is -0.497 e. The van der Waals surface area contributed by atoms with E-state index in [1.807, 2.05) is 24.3 Å². The van der Waals surface area contributed by atoms with Gasteiger partial charge in [0.15, 0.2) is 0 Å². The van der Waals surface area contributed by atoms with E-state index in [4.69, 9.17) is 4.74 Å². The number of aromatic nitrogens is 3. The van der Waals surface area contributed by atoms with E-state index in [0.717, 1.165) is 48.9 Å². The van der Waals surface area contributed by atoms with E-state index in [0.29, 0.717) is 6.04 Å². The first kappa shape index (κ1) is 17.0. The number of nitrogens with zero attached hydrogens (tertiary/aromatic N) is 4. The molecule has 2 heterocycles. The number of methoxy groups -OCH3 is 1. The second kappa shape index (κ2) is 7.79. The maximum absolute atomic E-state index is 5.21. The highest BCUT2D eigenvalue weighted by Crippen LogP contribution is 2.25. The molecule has 1 atom stereocenters. The lowest BCUT2D eigenvalue weighted by Gasteiger charge is -2.33. The summed E-state index contributed by atoms with van der Waals surface area (Å²) in [6, 6.07) is 8.45. The number of benzene rings is 1. The standard InChI is InChI=1S/C19H28N4O/c1-4-15(2)13-22-11-9-17(10-12-22)23-14-19(20-21-23)16-5-7-18(24-3)8-6-16/h5-8,14-15,17H,4,9-13H2,1-3H3. The van der Waals surface area contributed by atoms with Crippen molar-refractivity contribution in [3.05, 3.63) is 30.5 Å². The maximum Gasteiger partial charge on any atom is 0.118 e. The van der Waals surface area contributed by atoms with E-state index in [2.05, 4.69) is 39.9 Å². The van der Waals surface area contributed by atoms with Crippen LogP contribution >= 0.6 is 0 Å². The molecule has 1 unspecified atom stereocenters. The van der Waals surface area contributed by atoms with Gasteiger partial charge in [-0.3, -0.25) is 0 Å². The molecule has 130 valence electrons. The molecule has 1 fully saturated rings. The first-order chi connectivity index (χ1) is 11.7. The summed E-state index contributed by atoms with van der Waals surface area (Å²) in [5.41, 5.74) is 2.01. The Kier molecular flexibility index (Phi) is 5.51. The van der Waals surface area contributed by atoms with Gasteiger partial charge in [0.2, 0.25) is 0 Å². The van der Waals surface area contributed by atoms with Crippen LogP contribution in [-0.2, 0) is 0 Å². The fourth-order valence-electron chi connectivity index (χ4n) is 3.29. The van der Waals surface area contributed by atoms with Crippen molar-refractivity contribution in [2.75, 3.05) is 26.7 Å². The fourth-order valence-corrected chi connectivity index (χ4v) is 3.29. The van der Waals surface area contributed by atoms with Crippen molar-refractivity contribution in [3.63, 3.8) is 0 Å². The minimum atomic E-state index is 0.470. The smallest absolute Gasteiger partial charge is 0.118 e. The van der Waals surface area contributed by atoms with E-state index in [-0.39, 0.29) is 0 Å². The highest BCUT2D eigenvalue weighted by atomic mass is 16.5. The fraction of sp³-hybridized carbons (Fsp3) is 0.579. The Hall–Kier alpha value is -1.88. The molecule has 1 saturated heterocycles. The quantitative estimate of drug-likeness (QED) is 0.812. The minimum absolute atomic E-state index is 0.470. The van der Waals surface area contributed by atoms with E-state index in [1.54, 1.807) is 7.11 Å². The third kappa shape index (κ3) is 3.96. The van der Waals surface area contributed by atoms with Crippen molar-refractivity contribution in [3.8, 4) is 17.0 Å². The molecule has 0 amide bonds. The molecule has 0 bridgehead atoms. The molecule has 1 aliphatic heterocycles. The van der Waals surface area contributed by atoms with Crippen molar-refractivity contribution in [1.29, 1.82) is 0 Å². The van der Waals surface area contributed by atoms with Gasteiger partial charge in [0.05, 0.1) is 19.3 Å². The molecule has 24 heavy (non-hydrogen) atoms. The van der Waals surface area contributed by atoms with Gasteiger partial charge in [-0.2, -0.15) is 0 Å². The van der Waals surface area contributed by atoms with E-state index < -0.39 is 0 Å². The summed E-state index contributed by atoms with van der Waals surface area (Å²) in [6.07, 6.45) is 5.65. The molecule has 0 spiro atoms. The maximum atomic E-state index is 5.21. The number of hydrogen-bond donors (Lipinski definition) is 0. The molecular formula is C19H28N4O. The van der Waals surface area contributed by atoms with E-state index >= 15 is 0 Å². The normalized spacial score (nSPS) is 17.8. The summed E-state index contributed by atoms with van der Waals surface area (Å²) in [7, 11) is 1.68. The Bertz CT molecular complexity index is 629. The third-order valence-corrected chi connectivity index (χ3v) is 5.09. The summed E-state index contributed by atoms with van der Waals surface area (Å²) in [4.78, 5) is 2.59. The van der Waals surface area contributed by atoms with Crippen LogP contribution in [0.2, 0.25) is 0 Å². The molecular weight excluding hydrogens is 300 g/mol. The van der Waals surface area contributed by atoms with Gasteiger partial charge in [-0.25, -0.2) is 4.68 Å². The van der Waals surface area contributed by atoms with E-state index in [1.165, 1.54) is 13.0 Å². The zero-order chi connectivity index (χ0) is 16.9. The van der Waals surface area contributed by atoms with Crippen molar-refractivity contribution in [2.24, 2.45) is 5.92 Å². The average molecular weight is 328 g/mol. The molecule has 0 aliphatic carbocycles. The molecule has 5 heteroatoms. The van der Waals surface area contributed by atoms with Crippen LogP contribution in [0.4, 0.5) is 0 Å². The monoisotopic (exact) mass is 328 g/mol. The van der Waals surface area contributed by atoms with Crippen molar-refractivity contribution < 1.29 is 4.74 Å². The largest absolute Gasteiger partial charge is 0.497 e. The molecule has 1 aliphatic rings. The van der Waals surface area contributed by atoms with Gasteiger partial charge < -0.3 is 9.64 Å². The van der Waals surface area contributed by atoms with Crippen LogP contribution in [0.1, 0.15) is 39.2 Å². The van der Waals surface area contributed by atoms with Gasteiger partial charge in [0.25, 0.3) is 0 Å². The zero-order valence-electron chi connectivity index (χ0n) is 15.0.